The van der Waals surface area contributed by atoms with Crippen molar-refractivity contribution in [2.24, 2.45) is 0 Å². The number of benzene rings is 1. The van der Waals surface area contributed by atoms with Crippen molar-refractivity contribution in [2.45, 2.75) is 38.7 Å². The van der Waals surface area contributed by atoms with Gasteiger partial charge in [-0.1, -0.05) is 26.8 Å². The molecular weight excluding hydrogens is 280 g/mol. The van der Waals surface area contributed by atoms with Gasteiger partial charge in [0.1, 0.15) is 0 Å². The first-order valence-corrected chi connectivity index (χ1v) is 7.23. The van der Waals surface area contributed by atoms with Crippen molar-refractivity contribution >= 4 is 11.3 Å². The zero-order valence-electron chi connectivity index (χ0n) is 11.7. The molecule has 108 valence electrons. The lowest BCUT2D eigenvalue weighted by Crippen LogP contribution is -2.12. The third-order valence-electron chi connectivity index (χ3n) is 3.02. The summed E-state index contributed by atoms with van der Waals surface area (Å²) in [4.78, 5) is 4.48. The molecule has 0 saturated heterocycles. The predicted molar refractivity (Wildman–Crippen MR) is 75.8 cm³/mol. The third kappa shape index (κ3) is 3.41. The van der Waals surface area contributed by atoms with Crippen LogP contribution in [0.15, 0.2) is 23.6 Å². The maximum atomic E-state index is 13.1. The highest BCUT2D eigenvalue weighted by Gasteiger charge is 2.19. The van der Waals surface area contributed by atoms with Crippen molar-refractivity contribution in [1.82, 2.24) is 4.98 Å². The average Bonchev–Trinajstić information content (AvgIpc) is 2.81. The molecule has 0 aliphatic carbocycles. The first kappa shape index (κ1) is 15.1. The van der Waals surface area contributed by atoms with E-state index in [2.05, 4.69) is 25.8 Å². The Kier molecular flexibility index (Phi) is 4.20. The van der Waals surface area contributed by atoms with Gasteiger partial charge in [0, 0.05) is 17.2 Å². The number of aliphatic hydroxyl groups excluding tert-OH is 1. The topological polar surface area (TPSA) is 33.1 Å². The molecular formula is C15H17F2NOS. The molecule has 1 aromatic carbocycles. The SMILES string of the molecule is CC(C)(C)c1csc(CC(O)c2ccc(F)c(F)c2)n1. The minimum atomic E-state index is -0.948. The van der Waals surface area contributed by atoms with Crippen molar-refractivity contribution in [3.8, 4) is 0 Å². The van der Waals surface area contributed by atoms with Gasteiger partial charge in [0.05, 0.1) is 16.8 Å². The number of aromatic nitrogens is 1. The largest absolute Gasteiger partial charge is 0.388 e. The fourth-order valence-corrected chi connectivity index (χ4v) is 2.81. The Labute approximate surface area is 121 Å². The second-order valence-corrected chi connectivity index (χ2v) is 6.71. The molecule has 1 N–H and O–H groups in total. The molecule has 0 fully saturated rings. The van der Waals surface area contributed by atoms with Crippen LogP contribution in [-0.4, -0.2) is 10.1 Å². The van der Waals surface area contributed by atoms with Crippen LogP contribution in [0.2, 0.25) is 0 Å². The standard InChI is InChI=1S/C15H17F2NOS/c1-15(2,3)13-8-20-14(18-13)7-12(19)9-4-5-10(16)11(17)6-9/h4-6,8,12,19H,7H2,1-3H3. The Morgan fingerprint density at radius 3 is 2.50 bits per heavy atom. The highest BCUT2D eigenvalue weighted by Crippen LogP contribution is 2.27. The second kappa shape index (κ2) is 5.58. The Balaban J connectivity index is 2.13. The molecule has 0 amide bonds. The summed E-state index contributed by atoms with van der Waals surface area (Å²) in [6.07, 6.45) is -0.588. The smallest absolute Gasteiger partial charge is 0.159 e. The summed E-state index contributed by atoms with van der Waals surface area (Å²) in [6, 6.07) is 3.44. The number of hydrogen-bond donors (Lipinski definition) is 1. The normalized spacial score (nSPS) is 13.5. The highest BCUT2D eigenvalue weighted by molar-refractivity contribution is 7.09. The molecule has 2 aromatic rings. The van der Waals surface area contributed by atoms with Gasteiger partial charge < -0.3 is 5.11 Å². The van der Waals surface area contributed by atoms with Crippen LogP contribution in [0.5, 0.6) is 0 Å². The molecule has 1 atom stereocenters. The van der Waals surface area contributed by atoms with E-state index in [-0.39, 0.29) is 5.41 Å². The number of hydrogen-bond acceptors (Lipinski definition) is 3. The number of thiazole rings is 1. The molecule has 0 saturated carbocycles. The molecule has 20 heavy (non-hydrogen) atoms. The Morgan fingerprint density at radius 1 is 1.25 bits per heavy atom. The van der Waals surface area contributed by atoms with Gasteiger partial charge in [0.2, 0.25) is 0 Å². The van der Waals surface area contributed by atoms with Gasteiger partial charge in [-0.2, -0.15) is 0 Å². The number of nitrogens with zero attached hydrogens (tertiary/aromatic N) is 1. The van der Waals surface area contributed by atoms with Gasteiger partial charge in [-0.05, 0) is 17.7 Å². The van der Waals surface area contributed by atoms with Crippen molar-refractivity contribution in [1.29, 1.82) is 0 Å². The minimum absolute atomic E-state index is 0.0400. The fourth-order valence-electron chi connectivity index (χ4n) is 1.75. The van der Waals surface area contributed by atoms with Gasteiger partial charge in [-0.25, -0.2) is 13.8 Å². The Hall–Kier alpha value is -1.33. The molecule has 5 heteroatoms. The molecule has 0 bridgehead atoms. The van der Waals surface area contributed by atoms with Crippen LogP contribution in [0.3, 0.4) is 0 Å². The molecule has 1 heterocycles. The first-order valence-electron chi connectivity index (χ1n) is 6.35. The Bertz CT molecular complexity index is 604. The fraction of sp³-hybridized carbons (Fsp3) is 0.400. The van der Waals surface area contributed by atoms with Crippen LogP contribution < -0.4 is 0 Å². The van der Waals surface area contributed by atoms with E-state index >= 15 is 0 Å². The van der Waals surface area contributed by atoms with E-state index in [9.17, 15) is 13.9 Å². The van der Waals surface area contributed by atoms with Crippen LogP contribution in [0, 0.1) is 11.6 Å². The monoisotopic (exact) mass is 297 g/mol. The van der Waals surface area contributed by atoms with Crippen LogP contribution >= 0.6 is 11.3 Å². The minimum Gasteiger partial charge on any atom is -0.388 e. The average molecular weight is 297 g/mol. The van der Waals surface area contributed by atoms with Gasteiger partial charge in [-0.15, -0.1) is 11.3 Å². The summed E-state index contributed by atoms with van der Waals surface area (Å²) in [6.45, 7) is 6.20. The van der Waals surface area contributed by atoms with E-state index in [0.717, 1.165) is 22.8 Å². The third-order valence-corrected chi connectivity index (χ3v) is 3.89. The quantitative estimate of drug-likeness (QED) is 0.929. The molecule has 0 aliphatic rings. The summed E-state index contributed by atoms with van der Waals surface area (Å²) in [5.41, 5.74) is 1.29. The lowest BCUT2D eigenvalue weighted by atomic mass is 9.93. The summed E-state index contributed by atoms with van der Waals surface area (Å²) in [5.74, 6) is -1.86. The predicted octanol–water partition coefficient (Wildman–Crippen LogP) is 3.99. The van der Waals surface area contributed by atoms with Crippen LogP contribution in [0.25, 0.3) is 0 Å². The molecule has 0 spiro atoms. The lowest BCUT2D eigenvalue weighted by molar-refractivity contribution is 0.177. The maximum Gasteiger partial charge on any atom is 0.159 e. The highest BCUT2D eigenvalue weighted by atomic mass is 32.1. The summed E-state index contributed by atoms with van der Waals surface area (Å²) >= 11 is 1.47. The number of rotatable bonds is 3. The van der Waals surface area contributed by atoms with E-state index in [4.69, 9.17) is 0 Å². The van der Waals surface area contributed by atoms with Crippen LogP contribution in [0.4, 0.5) is 8.78 Å². The van der Waals surface area contributed by atoms with E-state index in [1.165, 1.54) is 17.4 Å². The molecule has 2 rings (SSSR count). The van der Waals surface area contributed by atoms with E-state index < -0.39 is 17.7 Å². The lowest BCUT2D eigenvalue weighted by Gasteiger charge is -2.14. The van der Waals surface area contributed by atoms with E-state index in [1.807, 2.05) is 5.38 Å². The van der Waals surface area contributed by atoms with E-state index in [1.54, 1.807) is 0 Å². The van der Waals surface area contributed by atoms with E-state index in [0.29, 0.717) is 12.0 Å². The van der Waals surface area contributed by atoms with Crippen molar-refractivity contribution in [3.63, 3.8) is 0 Å². The van der Waals surface area contributed by atoms with Gasteiger partial charge in [-0.3, -0.25) is 0 Å². The van der Waals surface area contributed by atoms with Crippen LogP contribution in [0.1, 0.15) is 43.1 Å². The maximum absolute atomic E-state index is 13.1. The van der Waals surface area contributed by atoms with Crippen LogP contribution in [-0.2, 0) is 11.8 Å². The molecule has 1 unspecified atom stereocenters. The molecule has 1 aromatic heterocycles. The molecule has 0 radical (unpaired) electrons. The van der Waals surface area contributed by atoms with Gasteiger partial charge in [0.25, 0.3) is 0 Å². The second-order valence-electron chi connectivity index (χ2n) is 5.77. The first-order chi connectivity index (χ1) is 9.27. The summed E-state index contributed by atoms with van der Waals surface area (Å²) in [5, 5.41) is 12.8. The zero-order chi connectivity index (χ0) is 14.9. The molecule has 2 nitrogen and oxygen atoms in total. The Morgan fingerprint density at radius 2 is 1.95 bits per heavy atom. The van der Waals surface area contributed by atoms with Gasteiger partial charge in [0.15, 0.2) is 11.6 Å². The van der Waals surface area contributed by atoms with Crippen molar-refractivity contribution in [2.75, 3.05) is 0 Å². The van der Waals surface area contributed by atoms with Crippen molar-refractivity contribution < 1.29 is 13.9 Å². The number of halogens is 2. The molecule has 0 aliphatic heterocycles. The zero-order valence-corrected chi connectivity index (χ0v) is 12.5. The number of aliphatic hydroxyl groups is 1. The summed E-state index contributed by atoms with van der Waals surface area (Å²) in [7, 11) is 0. The van der Waals surface area contributed by atoms with Crippen molar-refractivity contribution in [3.05, 3.63) is 51.5 Å². The van der Waals surface area contributed by atoms with Gasteiger partial charge >= 0.3 is 0 Å². The summed E-state index contributed by atoms with van der Waals surface area (Å²) < 4.78 is 26.0.